The molecule has 20 heavy (non-hydrogen) atoms. The third kappa shape index (κ3) is 3.28. The van der Waals surface area contributed by atoms with Gasteiger partial charge in [0.05, 0.1) is 12.7 Å². The average Bonchev–Trinajstić information content (AvgIpc) is 2.48. The molecule has 1 N–H and O–H groups in total. The minimum Gasteiger partial charge on any atom is -0.373 e. The summed E-state index contributed by atoms with van der Waals surface area (Å²) in [6.07, 6.45) is 4.56. The van der Waals surface area contributed by atoms with Crippen molar-refractivity contribution >= 4 is 5.78 Å². The van der Waals surface area contributed by atoms with E-state index in [-0.39, 0.29) is 6.10 Å². The van der Waals surface area contributed by atoms with Gasteiger partial charge in [-0.15, -0.1) is 0 Å². The lowest BCUT2D eigenvalue weighted by atomic mass is 9.89. The normalized spacial score (nSPS) is 26.0. The Hall–Kier alpha value is -1.19. The maximum Gasteiger partial charge on any atom is 0.136 e. The topological polar surface area (TPSA) is 38.3 Å². The van der Waals surface area contributed by atoms with Crippen molar-refractivity contribution < 1.29 is 9.53 Å². The Bertz CT molecular complexity index is 466. The first-order valence-electron chi connectivity index (χ1n) is 7.75. The molecule has 3 heteroatoms. The summed E-state index contributed by atoms with van der Waals surface area (Å²) < 4.78 is 5.83. The van der Waals surface area contributed by atoms with Crippen molar-refractivity contribution in [2.45, 2.75) is 38.2 Å². The van der Waals surface area contributed by atoms with Crippen LogP contribution in [-0.2, 0) is 16.0 Å². The van der Waals surface area contributed by atoms with E-state index in [0.717, 1.165) is 26.1 Å². The smallest absolute Gasteiger partial charge is 0.136 e. The van der Waals surface area contributed by atoms with Crippen LogP contribution < -0.4 is 5.32 Å². The average molecular weight is 273 g/mol. The quantitative estimate of drug-likeness (QED) is 0.916. The summed E-state index contributed by atoms with van der Waals surface area (Å²) in [6, 6.07) is 8.36. The summed E-state index contributed by atoms with van der Waals surface area (Å²) in [7, 11) is 0. The van der Waals surface area contributed by atoms with E-state index in [4.69, 9.17) is 4.74 Å². The van der Waals surface area contributed by atoms with Gasteiger partial charge in [0.25, 0.3) is 0 Å². The van der Waals surface area contributed by atoms with Gasteiger partial charge in [0.1, 0.15) is 5.78 Å². The van der Waals surface area contributed by atoms with E-state index < -0.39 is 0 Å². The van der Waals surface area contributed by atoms with Gasteiger partial charge in [0, 0.05) is 12.8 Å². The lowest BCUT2D eigenvalue weighted by Crippen LogP contribution is -2.31. The Balaban J connectivity index is 1.59. The van der Waals surface area contributed by atoms with E-state index in [1.807, 2.05) is 6.07 Å². The van der Waals surface area contributed by atoms with Crippen molar-refractivity contribution in [2.24, 2.45) is 5.92 Å². The maximum absolute atomic E-state index is 12.3. The molecule has 0 spiro atoms. The minimum atomic E-state index is -0.0241. The molecule has 2 aliphatic rings. The number of rotatable bonds is 4. The van der Waals surface area contributed by atoms with Crippen LogP contribution in [0.4, 0.5) is 0 Å². The lowest BCUT2D eigenvalue weighted by molar-refractivity contribution is -0.123. The van der Waals surface area contributed by atoms with Crippen LogP contribution >= 0.6 is 0 Å². The van der Waals surface area contributed by atoms with Gasteiger partial charge in [-0.05, 0) is 49.4 Å². The Morgan fingerprint density at radius 3 is 3.05 bits per heavy atom. The molecule has 2 aliphatic heterocycles. The van der Waals surface area contributed by atoms with Crippen molar-refractivity contribution in [1.29, 1.82) is 0 Å². The predicted molar refractivity (Wildman–Crippen MR) is 78.7 cm³/mol. The second-order valence-corrected chi connectivity index (χ2v) is 5.97. The molecule has 2 heterocycles. The van der Waals surface area contributed by atoms with Gasteiger partial charge in [-0.3, -0.25) is 4.79 Å². The van der Waals surface area contributed by atoms with Crippen molar-refractivity contribution in [1.82, 2.24) is 5.32 Å². The molecule has 0 aliphatic carbocycles. The number of hydrogen-bond acceptors (Lipinski definition) is 3. The van der Waals surface area contributed by atoms with Gasteiger partial charge in [0.2, 0.25) is 0 Å². The largest absolute Gasteiger partial charge is 0.373 e. The molecular weight excluding hydrogens is 250 g/mol. The molecule has 2 unspecified atom stereocenters. The molecule has 1 aromatic carbocycles. The zero-order chi connectivity index (χ0) is 13.8. The monoisotopic (exact) mass is 273 g/mol. The van der Waals surface area contributed by atoms with Crippen LogP contribution in [-0.4, -0.2) is 25.5 Å². The third-order valence-corrected chi connectivity index (χ3v) is 4.42. The second-order valence-electron chi connectivity index (χ2n) is 5.97. The van der Waals surface area contributed by atoms with E-state index in [1.54, 1.807) is 0 Å². The van der Waals surface area contributed by atoms with Gasteiger partial charge >= 0.3 is 0 Å². The van der Waals surface area contributed by atoms with Crippen LogP contribution in [0.2, 0.25) is 0 Å². The Morgan fingerprint density at radius 1 is 1.30 bits per heavy atom. The number of benzene rings is 1. The zero-order valence-corrected chi connectivity index (χ0v) is 11.9. The molecule has 108 valence electrons. The Kier molecular flexibility index (Phi) is 4.48. The molecule has 0 aromatic heterocycles. The van der Waals surface area contributed by atoms with Gasteiger partial charge < -0.3 is 10.1 Å². The van der Waals surface area contributed by atoms with Gasteiger partial charge in [-0.2, -0.15) is 0 Å². The van der Waals surface area contributed by atoms with Crippen LogP contribution in [0.15, 0.2) is 24.3 Å². The number of Topliss-reactive ketones (excluding diaryl/α,β-unsaturated/α-hetero) is 1. The van der Waals surface area contributed by atoms with Crippen molar-refractivity contribution in [3.63, 3.8) is 0 Å². The summed E-state index contributed by atoms with van der Waals surface area (Å²) >= 11 is 0. The summed E-state index contributed by atoms with van der Waals surface area (Å²) in [5.74, 6) is 0.871. The van der Waals surface area contributed by atoms with E-state index >= 15 is 0 Å². The molecule has 0 bridgehead atoms. The highest BCUT2D eigenvalue weighted by molar-refractivity contribution is 5.79. The highest BCUT2D eigenvalue weighted by atomic mass is 16.5. The third-order valence-electron chi connectivity index (χ3n) is 4.42. The number of ketones is 1. The standard InChI is InChI=1S/C17H23NO2/c19-15(10-13-4-3-8-18-12-13)11-17-16-6-2-1-5-14(16)7-9-20-17/h1-2,5-6,13,17-18H,3-4,7-12H2. The van der Waals surface area contributed by atoms with Gasteiger partial charge in [-0.1, -0.05) is 24.3 Å². The van der Waals surface area contributed by atoms with Gasteiger partial charge in [0.15, 0.2) is 0 Å². The second kappa shape index (κ2) is 6.51. The Labute approximate surface area is 120 Å². The molecule has 0 radical (unpaired) electrons. The molecule has 1 saturated heterocycles. The number of nitrogens with one attached hydrogen (secondary N) is 1. The molecular formula is C17H23NO2. The highest BCUT2D eigenvalue weighted by Crippen LogP contribution is 2.30. The number of hydrogen-bond donors (Lipinski definition) is 1. The molecule has 3 rings (SSSR count). The molecule has 1 aromatic rings. The molecule has 0 amide bonds. The van der Waals surface area contributed by atoms with E-state index in [9.17, 15) is 4.79 Å². The minimum absolute atomic E-state index is 0.0241. The predicted octanol–water partition coefficient (Wildman–Crippen LogP) is 2.65. The first kappa shape index (κ1) is 13.8. The maximum atomic E-state index is 12.3. The number of piperidine rings is 1. The Morgan fingerprint density at radius 2 is 2.20 bits per heavy atom. The van der Waals surface area contributed by atoms with Crippen LogP contribution in [0.5, 0.6) is 0 Å². The summed E-state index contributed by atoms with van der Waals surface area (Å²) in [5, 5.41) is 3.38. The lowest BCUT2D eigenvalue weighted by Gasteiger charge is -2.27. The summed E-state index contributed by atoms with van der Waals surface area (Å²) in [4.78, 5) is 12.3. The first-order chi connectivity index (χ1) is 9.83. The number of carbonyl (C=O) groups excluding carboxylic acids is 1. The van der Waals surface area contributed by atoms with Crippen LogP contribution in [0, 0.1) is 5.92 Å². The number of carbonyl (C=O) groups is 1. The van der Waals surface area contributed by atoms with E-state index in [1.165, 1.54) is 24.0 Å². The SMILES string of the molecule is O=C(CC1CCCNC1)CC1OCCc2ccccc21. The highest BCUT2D eigenvalue weighted by Gasteiger charge is 2.24. The molecule has 0 saturated carbocycles. The molecule has 1 fully saturated rings. The molecule has 2 atom stereocenters. The van der Waals surface area contributed by atoms with Crippen LogP contribution in [0.1, 0.15) is 42.9 Å². The fraction of sp³-hybridized carbons (Fsp3) is 0.588. The van der Waals surface area contributed by atoms with Crippen LogP contribution in [0.3, 0.4) is 0 Å². The van der Waals surface area contributed by atoms with E-state index in [2.05, 4.69) is 23.5 Å². The fourth-order valence-electron chi connectivity index (χ4n) is 3.36. The summed E-state index contributed by atoms with van der Waals surface area (Å²) in [5.41, 5.74) is 2.56. The first-order valence-corrected chi connectivity index (χ1v) is 7.75. The summed E-state index contributed by atoms with van der Waals surface area (Å²) in [6.45, 7) is 2.83. The van der Waals surface area contributed by atoms with Crippen LogP contribution in [0.25, 0.3) is 0 Å². The van der Waals surface area contributed by atoms with Crippen molar-refractivity contribution in [3.05, 3.63) is 35.4 Å². The number of fused-ring (bicyclic) bond motifs is 1. The fourth-order valence-corrected chi connectivity index (χ4v) is 3.36. The number of ether oxygens (including phenoxy) is 1. The van der Waals surface area contributed by atoms with Gasteiger partial charge in [-0.25, -0.2) is 0 Å². The van der Waals surface area contributed by atoms with Crippen molar-refractivity contribution in [2.75, 3.05) is 19.7 Å². The zero-order valence-electron chi connectivity index (χ0n) is 11.9. The molecule has 3 nitrogen and oxygen atoms in total. The van der Waals surface area contributed by atoms with E-state index in [0.29, 0.717) is 24.5 Å². The van der Waals surface area contributed by atoms with Crippen molar-refractivity contribution in [3.8, 4) is 0 Å².